The Bertz CT molecular complexity index is 612. The van der Waals surface area contributed by atoms with Crippen molar-refractivity contribution in [2.24, 2.45) is 0 Å². The number of hydrogen-bond donors (Lipinski definition) is 2. The summed E-state index contributed by atoms with van der Waals surface area (Å²) in [4.78, 5) is 21.5. The van der Waals surface area contributed by atoms with Gasteiger partial charge in [-0.15, -0.1) is 0 Å². The predicted octanol–water partition coefficient (Wildman–Crippen LogP) is 0.439. The summed E-state index contributed by atoms with van der Waals surface area (Å²) in [5.74, 6) is -4.32. The average Bonchev–Trinajstić information content (AvgIpc) is 2.30. The number of carbonyl (C=O) groups excluding carboxylic acids is 1. The monoisotopic (exact) mass is 291 g/mol. The summed E-state index contributed by atoms with van der Waals surface area (Å²) in [6, 6.07) is 2.60. The van der Waals surface area contributed by atoms with Crippen LogP contribution < -0.4 is 4.72 Å². The van der Waals surface area contributed by atoms with Crippen LogP contribution in [0.3, 0.4) is 0 Å². The van der Waals surface area contributed by atoms with Crippen molar-refractivity contribution in [3.05, 3.63) is 29.6 Å². The second-order valence-corrected chi connectivity index (χ2v) is 5.16. The molecular weight excluding hydrogens is 281 g/mol. The maximum atomic E-state index is 13.3. The van der Waals surface area contributed by atoms with E-state index in [2.05, 4.69) is 4.74 Å². The number of halogens is 1. The quantitative estimate of drug-likeness (QED) is 0.762. The van der Waals surface area contributed by atoms with Crippen molar-refractivity contribution in [1.29, 1.82) is 0 Å². The van der Waals surface area contributed by atoms with Crippen molar-refractivity contribution < 1.29 is 32.2 Å². The molecule has 0 aliphatic carbocycles. The van der Waals surface area contributed by atoms with Gasteiger partial charge in [0.2, 0.25) is 10.0 Å². The topological polar surface area (TPSA) is 110 Å². The van der Waals surface area contributed by atoms with Crippen molar-refractivity contribution in [3.8, 4) is 0 Å². The second-order valence-electron chi connectivity index (χ2n) is 3.44. The third kappa shape index (κ3) is 4.21. The minimum atomic E-state index is -4.17. The summed E-state index contributed by atoms with van der Waals surface area (Å²) < 4.78 is 42.2. The standard InChI is InChI=1S/C10H10FNO6S/c1-18-9(13)5-19(16,17)12-8-4-6(10(14)15)2-3-7(8)11/h2-4,12H,5H2,1H3,(H,14,15). The lowest BCUT2D eigenvalue weighted by molar-refractivity contribution is -0.137. The lowest BCUT2D eigenvalue weighted by Crippen LogP contribution is -2.24. The van der Waals surface area contributed by atoms with Gasteiger partial charge in [0.1, 0.15) is 5.82 Å². The van der Waals surface area contributed by atoms with E-state index in [1.807, 2.05) is 0 Å². The number of sulfonamides is 1. The highest BCUT2D eigenvalue weighted by atomic mass is 32.2. The number of nitrogens with one attached hydrogen (secondary N) is 1. The normalized spacial score (nSPS) is 10.8. The number of ether oxygens (including phenoxy) is 1. The molecule has 1 rings (SSSR count). The van der Waals surface area contributed by atoms with Gasteiger partial charge in [-0.25, -0.2) is 17.6 Å². The van der Waals surface area contributed by atoms with Crippen LogP contribution in [0.15, 0.2) is 18.2 Å². The minimum absolute atomic E-state index is 0.294. The first kappa shape index (κ1) is 14.9. The number of anilines is 1. The van der Waals surface area contributed by atoms with E-state index < -0.39 is 39.2 Å². The highest BCUT2D eigenvalue weighted by Crippen LogP contribution is 2.17. The van der Waals surface area contributed by atoms with Crippen LogP contribution in [-0.2, 0) is 19.6 Å². The molecule has 0 heterocycles. The number of rotatable bonds is 5. The van der Waals surface area contributed by atoms with Crippen LogP contribution in [0.5, 0.6) is 0 Å². The molecular formula is C10H10FNO6S. The van der Waals surface area contributed by atoms with Gasteiger partial charge in [-0.05, 0) is 18.2 Å². The Morgan fingerprint density at radius 3 is 2.58 bits per heavy atom. The molecule has 0 radical (unpaired) electrons. The first-order valence-electron chi connectivity index (χ1n) is 4.85. The zero-order valence-electron chi connectivity index (χ0n) is 9.71. The summed E-state index contributed by atoms with van der Waals surface area (Å²) in [6.07, 6.45) is 0. The van der Waals surface area contributed by atoms with Gasteiger partial charge in [0.15, 0.2) is 5.75 Å². The fraction of sp³-hybridized carbons (Fsp3) is 0.200. The molecule has 0 aliphatic heterocycles. The summed E-state index contributed by atoms with van der Waals surface area (Å²) in [5.41, 5.74) is -0.846. The van der Waals surface area contributed by atoms with E-state index >= 15 is 0 Å². The van der Waals surface area contributed by atoms with Crippen molar-refractivity contribution >= 4 is 27.6 Å². The first-order chi connectivity index (χ1) is 8.75. The number of aromatic carboxylic acids is 1. The molecule has 19 heavy (non-hydrogen) atoms. The lowest BCUT2D eigenvalue weighted by atomic mass is 10.2. The molecule has 0 saturated carbocycles. The number of methoxy groups -OCH3 is 1. The minimum Gasteiger partial charge on any atom is -0.478 e. The molecule has 0 bridgehead atoms. The molecule has 9 heteroatoms. The Hall–Kier alpha value is -2.16. The van der Waals surface area contributed by atoms with Crippen molar-refractivity contribution in [2.75, 3.05) is 17.6 Å². The maximum absolute atomic E-state index is 13.3. The number of carbonyl (C=O) groups is 2. The van der Waals surface area contributed by atoms with E-state index in [1.54, 1.807) is 4.72 Å². The Morgan fingerprint density at radius 1 is 1.42 bits per heavy atom. The zero-order valence-corrected chi connectivity index (χ0v) is 10.5. The third-order valence-electron chi connectivity index (χ3n) is 2.01. The number of hydrogen-bond acceptors (Lipinski definition) is 5. The molecule has 1 aromatic rings. The number of carboxylic acid groups (broad SMARTS) is 1. The van der Waals surface area contributed by atoms with Crippen molar-refractivity contribution in [3.63, 3.8) is 0 Å². The third-order valence-corrected chi connectivity index (χ3v) is 3.16. The SMILES string of the molecule is COC(=O)CS(=O)(=O)Nc1cc(C(=O)O)ccc1F. The molecule has 0 aromatic heterocycles. The van der Waals surface area contributed by atoms with E-state index in [9.17, 15) is 22.4 Å². The molecule has 7 nitrogen and oxygen atoms in total. The highest BCUT2D eigenvalue weighted by molar-refractivity contribution is 7.93. The Balaban J connectivity index is 3.02. The molecule has 0 aliphatic rings. The smallest absolute Gasteiger partial charge is 0.335 e. The van der Waals surface area contributed by atoms with Crippen LogP contribution in [0.4, 0.5) is 10.1 Å². The molecule has 0 fully saturated rings. The van der Waals surface area contributed by atoms with Crippen LogP contribution in [0, 0.1) is 5.82 Å². The van der Waals surface area contributed by atoms with Gasteiger partial charge in [-0.1, -0.05) is 0 Å². The maximum Gasteiger partial charge on any atom is 0.335 e. The number of esters is 1. The van der Waals surface area contributed by atoms with Crippen molar-refractivity contribution in [2.45, 2.75) is 0 Å². The molecule has 0 spiro atoms. The van der Waals surface area contributed by atoms with Gasteiger partial charge in [0.05, 0.1) is 18.4 Å². The number of benzene rings is 1. The van der Waals surface area contributed by atoms with Crippen LogP contribution in [0.25, 0.3) is 0 Å². The number of carboxylic acids is 1. The van der Waals surface area contributed by atoms with Crippen LogP contribution in [-0.4, -0.2) is 38.3 Å². The van der Waals surface area contributed by atoms with E-state index in [0.29, 0.717) is 0 Å². The van der Waals surface area contributed by atoms with E-state index in [1.165, 1.54) is 0 Å². The van der Waals surface area contributed by atoms with Crippen LogP contribution >= 0.6 is 0 Å². The summed E-state index contributed by atoms with van der Waals surface area (Å²) in [5, 5.41) is 8.71. The van der Waals surface area contributed by atoms with Gasteiger partial charge in [0, 0.05) is 0 Å². The second kappa shape index (κ2) is 5.65. The molecule has 0 amide bonds. The van der Waals surface area contributed by atoms with Crippen LogP contribution in [0.2, 0.25) is 0 Å². The van der Waals surface area contributed by atoms with Crippen molar-refractivity contribution in [1.82, 2.24) is 0 Å². The van der Waals surface area contributed by atoms with Gasteiger partial charge in [-0.3, -0.25) is 9.52 Å². The Morgan fingerprint density at radius 2 is 2.05 bits per heavy atom. The lowest BCUT2D eigenvalue weighted by Gasteiger charge is -2.08. The summed E-state index contributed by atoms with van der Waals surface area (Å²) >= 11 is 0. The molecule has 0 atom stereocenters. The molecule has 1 aromatic carbocycles. The van der Waals surface area contributed by atoms with Crippen LogP contribution in [0.1, 0.15) is 10.4 Å². The fourth-order valence-corrected chi connectivity index (χ4v) is 2.15. The molecule has 2 N–H and O–H groups in total. The Kier molecular flexibility index (Phi) is 4.43. The molecule has 0 unspecified atom stereocenters. The predicted molar refractivity (Wildman–Crippen MR) is 62.8 cm³/mol. The van der Waals surface area contributed by atoms with E-state index in [-0.39, 0.29) is 5.56 Å². The van der Waals surface area contributed by atoms with Gasteiger partial charge < -0.3 is 9.84 Å². The highest BCUT2D eigenvalue weighted by Gasteiger charge is 2.19. The Labute approximate surface area is 108 Å². The largest absolute Gasteiger partial charge is 0.478 e. The van der Waals surface area contributed by atoms with E-state index in [4.69, 9.17) is 5.11 Å². The summed E-state index contributed by atoms with van der Waals surface area (Å²) in [7, 11) is -3.16. The molecule has 104 valence electrons. The van der Waals surface area contributed by atoms with Gasteiger partial charge in [-0.2, -0.15) is 0 Å². The van der Waals surface area contributed by atoms with Gasteiger partial charge in [0.25, 0.3) is 0 Å². The van der Waals surface area contributed by atoms with E-state index in [0.717, 1.165) is 25.3 Å². The average molecular weight is 291 g/mol. The summed E-state index contributed by atoms with van der Waals surface area (Å²) in [6.45, 7) is 0. The first-order valence-corrected chi connectivity index (χ1v) is 6.50. The zero-order chi connectivity index (χ0) is 14.6. The molecule has 0 saturated heterocycles. The fourth-order valence-electron chi connectivity index (χ4n) is 1.15. The van der Waals surface area contributed by atoms with Gasteiger partial charge >= 0.3 is 11.9 Å².